The van der Waals surface area contributed by atoms with Crippen LogP contribution in [0.3, 0.4) is 0 Å². The number of benzene rings is 3. The quantitative estimate of drug-likeness (QED) is 0.408. The van der Waals surface area contributed by atoms with Gasteiger partial charge in [-0.1, -0.05) is 54.6 Å². The first-order valence-corrected chi connectivity index (χ1v) is 9.65. The van der Waals surface area contributed by atoms with E-state index in [1.54, 1.807) is 42.5 Å². The third kappa shape index (κ3) is 3.01. The summed E-state index contributed by atoms with van der Waals surface area (Å²) in [6.07, 6.45) is -1.23. The molecule has 4 aromatic rings. The Hall–Kier alpha value is -4.17. The van der Waals surface area contributed by atoms with Crippen LogP contribution in [0.25, 0.3) is 11.0 Å². The molecule has 1 aliphatic heterocycles. The third-order valence-corrected chi connectivity index (χ3v) is 5.46. The molecule has 154 valence electrons. The van der Waals surface area contributed by atoms with Gasteiger partial charge in [0, 0.05) is 23.2 Å². The van der Waals surface area contributed by atoms with Gasteiger partial charge in [0.15, 0.2) is 5.72 Å². The number of hydrogen-bond donors (Lipinski definition) is 4. The lowest BCUT2D eigenvalue weighted by molar-refractivity contribution is -0.0542. The van der Waals surface area contributed by atoms with Crippen molar-refractivity contribution in [2.45, 2.75) is 12.3 Å². The maximum Gasteiger partial charge on any atom is 0.411 e. The summed E-state index contributed by atoms with van der Waals surface area (Å²) in [5.41, 5.74) is 1.67. The predicted octanol–water partition coefficient (Wildman–Crippen LogP) is 3.50. The Balaban J connectivity index is 1.64. The molecule has 0 bridgehead atoms. The maximum atomic E-state index is 13.2. The van der Waals surface area contributed by atoms with Crippen molar-refractivity contribution < 1.29 is 19.8 Å². The molecule has 2 amide bonds. The molecule has 0 saturated carbocycles. The average molecular weight is 414 g/mol. The Morgan fingerprint density at radius 1 is 1.06 bits per heavy atom. The van der Waals surface area contributed by atoms with E-state index in [2.05, 4.69) is 15.3 Å². The molecule has 0 aliphatic carbocycles. The second-order valence-corrected chi connectivity index (χ2v) is 7.34. The van der Waals surface area contributed by atoms with Crippen molar-refractivity contribution in [2.24, 2.45) is 0 Å². The van der Waals surface area contributed by atoms with Crippen LogP contribution in [0.2, 0.25) is 0 Å². The summed E-state index contributed by atoms with van der Waals surface area (Å²) in [6.45, 7) is 0.220. The van der Waals surface area contributed by atoms with Crippen LogP contribution in [0.15, 0.2) is 72.8 Å². The van der Waals surface area contributed by atoms with Gasteiger partial charge >= 0.3 is 6.09 Å². The minimum atomic E-state index is -1.69. The lowest BCUT2D eigenvalue weighted by atomic mass is 9.93. The van der Waals surface area contributed by atoms with Crippen molar-refractivity contribution in [2.75, 3.05) is 5.32 Å². The van der Waals surface area contributed by atoms with Crippen LogP contribution in [0, 0.1) is 0 Å². The molecule has 3 aromatic carbocycles. The van der Waals surface area contributed by atoms with Crippen molar-refractivity contribution in [3.63, 3.8) is 0 Å². The molecule has 1 aliphatic rings. The number of amides is 2. The Morgan fingerprint density at radius 2 is 1.81 bits per heavy atom. The average Bonchev–Trinajstić information content (AvgIpc) is 3.26. The number of aromatic nitrogens is 2. The normalized spacial score (nSPS) is 17.7. The Labute approximate surface area is 176 Å². The van der Waals surface area contributed by atoms with E-state index in [0.717, 1.165) is 5.56 Å². The first-order chi connectivity index (χ1) is 15.0. The fraction of sp³-hybridized carbons (Fsp3) is 0.0870. The van der Waals surface area contributed by atoms with E-state index in [4.69, 9.17) is 5.11 Å². The van der Waals surface area contributed by atoms with Crippen molar-refractivity contribution >= 4 is 29.0 Å². The number of carbonyl (C=O) groups excluding carboxylic acids is 1. The van der Waals surface area contributed by atoms with Gasteiger partial charge in [-0.25, -0.2) is 9.78 Å². The zero-order valence-electron chi connectivity index (χ0n) is 16.2. The molecule has 0 spiro atoms. The van der Waals surface area contributed by atoms with Crippen molar-refractivity contribution in [1.82, 2.24) is 14.9 Å². The number of rotatable bonds is 4. The molecule has 0 saturated heterocycles. The van der Waals surface area contributed by atoms with Gasteiger partial charge in [0.2, 0.25) is 5.95 Å². The molecule has 0 radical (unpaired) electrons. The van der Waals surface area contributed by atoms with E-state index in [1.807, 2.05) is 30.3 Å². The van der Waals surface area contributed by atoms with Crippen molar-refractivity contribution in [1.29, 1.82) is 0 Å². The summed E-state index contributed by atoms with van der Waals surface area (Å²) in [7, 11) is 0. The van der Waals surface area contributed by atoms with E-state index < -0.39 is 11.8 Å². The van der Waals surface area contributed by atoms with E-state index in [1.165, 1.54) is 4.90 Å². The van der Waals surface area contributed by atoms with Gasteiger partial charge < -0.3 is 15.2 Å². The number of imidazole rings is 1. The van der Waals surface area contributed by atoms with Crippen LogP contribution in [-0.2, 0) is 12.3 Å². The van der Waals surface area contributed by atoms with Crippen LogP contribution in [0.5, 0.6) is 0 Å². The Bertz CT molecular complexity index is 1320. The van der Waals surface area contributed by atoms with Gasteiger partial charge in [-0.2, -0.15) is 0 Å². The fourth-order valence-electron chi connectivity index (χ4n) is 4.06. The molecule has 8 nitrogen and oxygen atoms in total. The highest BCUT2D eigenvalue weighted by Gasteiger charge is 2.49. The number of aromatic amines is 1. The summed E-state index contributed by atoms with van der Waals surface area (Å²) < 4.78 is 0. The fourth-order valence-corrected chi connectivity index (χ4v) is 4.06. The summed E-state index contributed by atoms with van der Waals surface area (Å²) in [5, 5.41) is 23.1. The lowest BCUT2D eigenvalue weighted by Gasteiger charge is -2.35. The molecule has 1 unspecified atom stereocenters. The SMILES string of the molecule is O=C(O)Nc1nc2ccc(C3(O)c4ccccc4C(=O)N3Cc3ccccc3)cc2[nH]1. The van der Waals surface area contributed by atoms with Crippen LogP contribution in [0.4, 0.5) is 10.7 Å². The number of hydrogen-bond acceptors (Lipinski definition) is 4. The molecule has 31 heavy (non-hydrogen) atoms. The minimum Gasteiger partial charge on any atom is -0.465 e. The van der Waals surface area contributed by atoms with Crippen LogP contribution in [0.1, 0.15) is 27.0 Å². The van der Waals surface area contributed by atoms with Crippen LogP contribution >= 0.6 is 0 Å². The highest BCUT2D eigenvalue weighted by Crippen LogP contribution is 2.43. The number of nitrogens with zero attached hydrogens (tertiary/aromatic N) is 2. The van der Waals surface area contributed by atoms with Crippen LogP contribution < -0.4 is 5.32 Å². The smallest absolute Gasteiger partial charge is 0.411 e. The zero-order valence-corrected chi connectivity index (χ0v) is 16.2. The zero-order chi connectivity index (χ0) is 21.6. The number of nitrogens with one attached hydrogen (secondary N) is 2. The van der Waals surface area contributed by atoms with Crippen molar-refractivity contribution in [3.05, 3.63) is 95.1 Å². The Kier molecular flexibility index (Phi) is 4.23. The first-order valence-electron chi connectivity index (χ1n) is 9.65. The first kappa shape index (κ1) is 18.8. The van der Waals surface area contributed by atoms with Gasteiger partial charge in [0.05, 0.1) is 11.0 Å². The molecule has 1 atom stereocenters. The molecular formula is C23H18N4O4. The van der Waals surface area contributed by atoms with Gasteiger partial charge in [-0.3, -0.25) is 15.0 Å². The van der Waals surface area contributed by atoms with Crippen molar-refractivity contribution in [3.8, 4) is 0 Å². The number of H-pyrrole nitrogens is 1. The second-order valence-electron chi connectivity index (χ2n) is 7.34. The Morgan fingerprint density at radius 3 is 2.58 bits per heavy atom. The molecule has 8 heteroatoms. The number of anilines is 1. The van der Waals surface area contributed by atoms with Gasteiger partial charge in [0.25, 0.3) is 5.91 Å². The largest absolute Gasteiger partial charge is 0.465 e. The molecule has 5 rings (SSSR count). The number of fused-ring (bicyclic) bond motifs is 2. The topological polar surface area (TPSA) is 119 Å². The monoisotopic (exact) mass is 414 g/mol. The summed E-state index contributed by atoms with van der Waals surface area (Å²) in [4.78, 5) is 32.7. The molecule has 1 aromatic heterocycles. The second kappa shape index (κ2) is 6.96. The number of carboxylic acid groups (broad SMARTS) is 1. The summed E-state index contributed by atoms with van der Waals surface area (Å²) in [6, 6.07) is 21.5. The van der Waals surface area contributed by atoms with E-state index in [0.29, 0.717) is 27.7 Å². The number of aliphatic hydroxyl groups is 1. The van der Waals surface area contributed by atoms with Crippen LogP contribution in [-0.4, -0.2) is 37.1 Å². The van der Waals surface area contributed by atoms with Gasteiger partial charge in [0.1, 0.15) is 0 Å². The van der Waals surface area contributed by atoms with Gasteiger partial charge in [-0.05, 0) is 23.8 Å². The third-order valence-electron chi connectivity index (χ3n) is 5.46. The minimum absolute atomic E-state index is 0.0793. The standard InChI is InChI=1S/C23H18N4O4/c28-20-16-8-4-5-9-17(16)23(31,27(20)13-14-6-2-1-3-7-14)15-10-11-18-19(12-15)25-21(24-18)26-22(29)30/h1-12,31H,13H2,(H,29,30)(H2,24,25,26). The predicted molar refractivity (Wildman–Crippen MR) is 113 cm³/mol. The van der Waals surface area contributed by atoms with E-state index in [-0.39, 0.29) is 18.4 Å². The van der Waals surface area contributed by atoms with E-state index in [9.17, 15) is 14.7 Å². The summed E-state index contributed by atoms with van der Waals surface area (Å²) >= 11 is 0. The molecule has 0 fully saturated rings. The maximum absolute atomic E-state index is 13.2. The molecular weight excluding hydrogens is 396 g/mol. The molecule has 2 heterocycles. The van der Waals surface area contributed by atoms with Gasteiger partial charge in [-0.15, -0.1) is 0 Å². The highest BCUT2D eigenvalue weighted by atomic mass is 16.4. The highest BCUT2D eigenvalue weighted by molar-refractivity contribution is 6.00. The lowest BCUT2D eigenvalue weighted by Crippen LogP contribution is -2.44. The summed E-state index contributed by atoms with van der Waals surface area (Å²) in [5.74, 6) is -0.185. The number of carbonyl (C=O) groups is 2. The molecule has 4 N–H and O–H groups in total. The van der Waals surface area contributed by atoms with E-state index >= 15 is 0 Å².